The Morgan fingerprint density at radius 2 is 1.07 bits per heavy atom. The van der Waals surface area contributed by atoms with Gasteiger partial charge in [0.05, 0.1) is 24.3 Å². The average Bonchev–Trinajstić information content (AvgIpc) is 3.05. The molecule has 44 heavy (non-hydrogen) atoms. The van der Waals surface area contributed by atoms with Crippen molar-refractivity contribution in [3.05, 3.63) is 132 Å². The third-order valence-corrected chi connectivity index (χ3v) is 7.21. The van der Waals surface area contributed by atoms with E-state index in [1.54, 1.807) is 54.6 Å². The molecule has 6 heteroatoms. The lowest BCUT2D eigenvalue weighted by molar-refractivity contribution is 0.0726. The van der Waals surface area contributed by atoms with E-state index in [1.807, 2.05) is 80.6 Å². The zero-order valence-electron chi connectivity index (χ0n) is 24.4. The maximum absolute atomic E-state index is 13.4. The van der Waals surface area contributed by atoms with Gasteiger partial charge in [0.2, 0.25) is 0 Å². The van der Waals surface area contributed by atoms with Crippen LogP contribution in [0.5, 0.6) is 23.0 Å². The Labute approximate surface area is 255 Å². The minimum absolute atomic E-state index is 0.370. The summed E-state index contributed by atoms with van der Waals surface area (Å²) >= 11 is 0. The van der Waals surface area contributed by atoms with Crippen molar-refractivity contribution in [3.63, 3.8) is 0 Å². The first kappa shape index (κ1) is 28.5. The van der Waals surface area contributed by atoms with E-state index in [1.165, 1.54) is 0 Å². The van der Waals surface area contributed by atoms with Crippen LogP contribution in [0.15, 0.2) is 121 Å². The Hall–Kier alpha value is -5.62. The molecule has 0 heterocycles. The number of hydrogen-bond acceptors (Lipinski definition) is 6. The highest BCUT2D eigenvalue weighted by molar-refractivity contribution is 6.09. The predicted octanol–water partition coefficient (Wildman–Crippen LogP) is 8.90. The monoisotopic (exact) mass is 582 g/mol. The number of esters is 2. The molecule has 0 saturated heterocycles. The van der Waals surface area contributed by atoms with Crippen molar-refractivity contribution in [2.24, 2.45) is 0 Å². The number of fused-ring (bicyclic) bond motifs is 2. The Bertz CT molecular complexity index is 1960. The van der Waals surface area contributed by atoms with E-state index in [0.717, 1.165) is 32.7 Å². The van der Waals surface area contributed by atoms with E-state index < -0.39 is 11.9 Å². The molecule has 6 rings (SSSR count). The molecule has 0 aliphatic carbocycles. The highest BCUT2D eigenvalue weighted by Crippen LogP contribution is 2.42. The van der Waals surface area contributed by atoms with Crippen molar-refractivity contribution in [1.82, 2.24) is 0 Å². The van der Waals surface area contributed by atoms with Gasteiger partial charge in [0.25, 0.3) is 0 Å². The molecule has 6 aromatic rings. The van der Waals surface area contributed by atoms with Gasteiger partial charge in [0.1, 0.15) is 23.0 Å². The summed E-state index contributed by atoms with van der Waals surface area (Å²) in [5, 5.41) is 3.66. The van der Waals surface area contributed by atoms with E-state index in [0.29, 0.717) is 47.3 Å². The molecule has 0 saturated carbocycles. The third kappa shape index (κ3) is 5.96. The third-order valence-electron chi connectivity index (χ3n) is 7.21. The van der Waals surface area contributed by atoms with Crippen LogP contribution in [-0.2, 0) is 0 Å². The summed E-state index contributed by atoms with van der Waals surface area (Å²) in [5.74, 6) is 1.14. The standard InChI is InChI=1S/C38H30O6/c1-3-41-29-18-13-26(14-19-29)37(39)43-31-23-28-10-6-7-11-32(28)34(24-31)36-33-12-8-5-9-25(33)17-22-35(36)44-38(40)27-15-20-30(21-16-27)42-4-2/h5-24H,3-4H2,1-2H3. The molecule has 0 atom stereocenters. The van der Waals surface area contributed by atoms with Gasteiger partial charge in [0.15, 0.2) is 0 Å². The molecule has 0 amide bonds. The molecule has 6 aromatic carbocycles. The summed E-state index contributed by atoms with van der Waals surface area (Å²) in [4.78, 5) is 26.5. The topological polar surface area (TPSA) is 71.1 Å². The van der Waals surface area contributed by atoms with Gasteiger partial charge in [-0.2, -0.15) is 0 Å². The zero-order valence-corrected chi connectivity index (χ0v) is 24.4. The van der Waals surface area contributed by atoms with Gasteiger partial charge >= 0.3 is 11.9 Å². The second kappa shape index (κ2) is 12.7. The van der Waals surface area contributed by atoms with Crippen LogP contribution in [0.4, 0.5) is 0 Å². The number of carbonyl (C=O) groups excluding carboxylic acids is 2. The lowest BCUT2D eigenvalue weighted by Crippen LogP contribution is -2.10. The van der Waals surface area contributed by atoms with Crippen molar-refractivity contribution in [3.8, 4) is 34.1 Å². The van der Waals surface area contributed by atoms with Gasteiger partial charge in [-0.05, 0) is 108 Å². The summed E-state index contributed by atoms with van der Waals surface area (Å²) in [5.41, 5.74) is 2.29. The molecular formula is C38H30O6. The maximum Gasteiger partial charge on any atom is 0.343 e. The fourth-order valence-electron chi connectivity index (χ4n) is 5.20. The van der Waals surface area contributed by atoms with Crippen molar-refractivity contribution >= 4 is 33.5 Å². The molecule has 6 nitrogen and oxygen atoms in total. The smallest absolute Gasteiger partial charge is 0.343 e. The van der Waals surface area contributed by atoms with E-state index in [-0.39, 0.29) is 0 Å². The second-order valence-electron chi connectivity index (χ2n) is 10.0. The fourth-order valence-corrected chi connectivity index (χ4v) is 5.20. The summed E-state index contributed by atoms with van der Waals surface area (Å²) in [7, 11) is 0. The quantitative estimate of drug-likeness (QED) is 0.125. The Morgan fingerprint density at radius 1 is 0.523 bits per heavy atom. The Balaban J connectivity index is 1.43. The normalized spacial score (nSPS) is 10.9. The van der Waals surface area contributed by atoms with Gasteiger partial charge in [-0.15, -0.1) is 0 Å². The molecule has 0 unspecified atom stereocenters. The molecule has 218 valence electrons. The molecule has 0 bridgehead atoms. The Morgan fingerprint density at radius 3 is 1.68 bits per heavy atom. The van der Waals surface area contributed by atoms with Crippen LogP contribution in [0.25, 0.3) is 32.7 Å². The highest BCUT2D eigenvalue weighted by atomic mass is 16.5. The van der Waals surface area contributed by atoms with Crippen LogP contribution < -0.4 is 18.9 Å². The summed E-state index contributed by atoms with van der Waals surface area (Å²) in [6, 6.07) is 36.9. The van der Waals surface area contributed by atoms with E-state index >= 15 is 0 Å². The van der Waals surface area contributed by atoms with Gasteiger partial charge < -0.3 is 18.9 Å². The van der Waals surface area contributed by atoms with Gasteiger partial charge in [0, 0.05) is 5.56 Å². The van der Waals surface area contributed by atoms with Crippen LogP contribution in [-0.4, -0.2) is 25.2 Å². The molecule has 0 spiro atoms. The number of benzene rings is 6. The van der Waals surface area contributed by atoms with Gasteiger partial charge in [-0.3, -0.25) is 0 Å². The van der Waals surface area contributed by atoms with E-state index in [4.69, 9.17) is 18.9 Å². The summed E-state index contributed by atoms with van der Waals surface area (Å²) in [6.07, 6.45) is 0. The van der Waals surface area contributed by atoms with Crippen molar-refractivity contribution in [2.45, 2.75) is 13.8 Å². The van der Waals surface area contributed by atoms with Gasteiger partial charge in [-0.1, -0.05) is 54.6 Å². The number of carbonyl (C=O) groups is 2. The van der Waals surface area contributed by atoms with E-state index in [9.17, 15) is 9.59 Å². The SMILES string of the molecule is CCOc1ccc(C(=O)Oc2cc(-c3c(OC(=O)c4ccc(OCC)cc4)ccc4ccccc34)c3ccccc3c2)cc1. The molecule has 0 aliphatic rings. The largest absolute Gasteiger partial charge is 0.494 e. The Kier molecular flexibility index (Phi) is 8.23. The maximum atomic E-state index is 13.4. The first-order chi connectivity index (χ1) is 21.5. The predicted molar refractivity (Wildman–Crippen MR) is 172 cm³/mol. The first-order valence-electron chi connectivity index (χ1n) is 14.5. The molecule has 0 aromatic heterocycles. The van der Waals surface area contributed by atoms with Crippen molar-refractivity contribution in [1.29, 1.82) is 0 Å². The fraction of sp³-hybridized carbons (Fsp3) is 0.105. The minimum Gasteiger partial charge on any atom is -0.494 e. The molecular weight excluding hydrogens is 552 g/mol. The summed E-state index contributed by atoms with van der Waals surface area (Å²) < 4.78 is 23.0. The zero-order chi connectivity index (χ0) is 30.5. The number of ether oxygens (including phenoxy) is 4. The van der Waals surface area contributed by atoms with Crippen LogP contribution in [0.2, 0.25) is 0 Å². The lowest BCUT2D eigenvalue weighted by Gasteiger charge is -2.17. The van der Waals surface area contributed by atoms with Crippen LogP contribution in [0.1, 0.15) is 34.6 Å². The average molecular weight is 583 g/mol. The minimum atomic E-state index is -0.494. The number of hydrogen-bond donors (Lipinski definition) is 0. The van der Waals surface area contributed by atoms with E-state index in [2.05, 4.69) is 0 Å². The molecule has 0 N–H and O–H groups in total. The van der Waals surface area contributed by atoms with Crippen LogP contribution in [0, 0.1) is 0 Å². The molecule has 0 fully saturated rings. The first-order valence-corrected chi connectivity index (χ1v) is 14.5. The second-order valence-corrected chi connectivity index (χ2v) is 10.0. The molecule has 0 aliphatic heterocycles. The lowest BCUT2D eigenvalue weighted by atomic mass is 9.92. The number of rotatable bonds is 9. The highest BCUT2D eigenvalue weighted by Gasteiger charge is 2.20. The van der Waals surface area contributed by atoms with Crippen molar-refractivity contribution < 1.29 is 28.5 Å². The molecule has 0 radical (unpaired) electrons. The van der Waals surface area contributed by atoms with Crippen LogP contribution >= 0.6 is 0 Å². The summed E-state index contributed by atoms with van der Waals surface area (Å²) in [6.45, 7) is 4.88. The van der Waals surface area contributed by atoms with Crippen LogP contribution in [0.3, 0.4) is 0 Å². The van der Waals surface area contributed by atoms with Gasteiger partial charge in [-0.25, -0.2) is 9.59 Å². The van der Waals surface area contributed by atoms with Crippen molar-refractivity contribution in [2.75, 3.05) is 13.2 Å².